The molecule has 0 aliphatic heterocycles. The van der Waals surface area contributed by atoms with Crippen molar-refractivity contribution in [2.24, 2.45) is 0 Å². The summed E-state index contributed by atoms with van der Waals surface area (Å²) >= 11 is 5.98. The van der Waals surface area contributed by atoms with Crippen molar-refractivity contribution >= 4 is 23.2 Å². The number of anilines is 1. The predicted octanol–water partition coefficient (Wildman–Crippen LogP) is 3.65. The van der Waals surface area contributed by atoms with Gasteiger partial charge in [0.25, 0.3) is 0 Å². The fourth-order valence-corrected chi connectivity index (χ4v) is 1.92. The van der Waals surface area contributed by atoms with Crippen LogP contribution in [0, 0.1) is 0 Å². The number of rotatable bonds is 3. The molecular formula is C15H15ClN2O. The molecule has 1 aromatic heterocycles. The molecule has 0 spiro atoms. The molecule has 0 bridgehead atoms. The molecule has 4 heteroatoms. The Morgan fingerprint density at radius 1 is 1.21 bits per heavy atom. The first kappa shape index (κ1) is 13.6. The number of pyridine rings is 1. The lowest BCUT2D eigenvalue weighted by Gasteiger charge is -2.24. The summed E-state index contributed by atoms with van der Waals surface area (Å²) in [6.07, 6.45) is 3.28. The fourth-order valence-electron chi connectivity index (χ4n) is 1.73. The van der Waals surface area contributed by atoms with E-state index in [-0.39, 0.29) is 5.91 Å². The lowest BCUT2D eigenvalue weighted by atomic mass is 9.83. The predicted molar refractivity (Wildman–Crippen MR) is 77.3 cm³/mol. The van der Waals surface area contributed by atoms with E-state index in [9.17, 15) is 4.79 Å². The molecule has 0 saturated carbocycles. The third-order valence-electron chi connectivity index (χ3n) is 3.05. The number of aromatic nitrogens is 1. The molecule has 1 N–H and O–H groups in total. The summed E-state index contributed by atoms with van der Waals surface area (Å²) in [6.45, 7) is 3.74. The van der Waals surface area contributed by atoms with Crippen molar-refractivity contribution in [2.45, 2.75) is 19.3 Å². The van der Waals surface area contributed by atoms with E-state index in [1.54, 1.807) is 30.6 Å². The molecule has 3 nitrogen and oxygen atoms in total. The van der Waals surface area contributed by atoms with Crippen LogP contribution in [0.1, 0.15) is 19.4 Å². The van der Waals surface area contributed by atoms with E-state index in [0.29, 0.717) is 5.02 Å². The molecule has 2 rings (SSSR count). The number of halogens is 1. The number of carbonyl (C=O) groups excluding carboxylic acids is 1. The summed E-state index contributed by atoms with van der Waals surface area (Å²) in [5.74, 6) is -0.0824. The molecule has 1 aromatic carbocycles. The van der Waals surface area contributed by atoms with Gasteiger partial charge in [-0.15, -0.1) is 0 Å². The van der Waals surface area contributed by atoms with Crippen molar-refractivity contribution < 1.29 is 4.79 Å². The van der Waals surface area contributed by atoms with Gasteiger partial charge < -0.3 is 5.32 Å². The van der Waals surface area contributed by atoms with E-state index >= 15 is 0 Å². The zero-order chi connectivity index (χ0) is 13.9. The molecule has 1 amide bonds. The van der Waals surface area contributed by atoms with Gasteiger partial charge in [0, 0.05) is 23.1 Å². The molecule has 98 valence electrons. The Morgan fingerprint density at radius 2 is 1.89 bits per heavy atom. The molecule has 19 heavy (non-hydrogen) atoms. The highest BCUT2D eigenvalue weighted by Gasteiger charge is 2.29. The van der Waals surface area contributed by atoms with Crippen LogP contribution in [0.4, 0.5) is 5.69 Å². The summed E-state index contributed by atoms with van der Waals surface area (Å²) < 4.78 is 0. The second kappa shape index (κ2) is 5.41. The van der Waals surface area contributed by atoms with Crippen LogP contribution >= 0.6 is 11.6 Å². The van der Waals surface area contributed by atoms with Gasteiger partial charge in [-0.05, 0) is 43.7 Å². The van der Waals surface area contributed by atoms with E-state index in [2.05, 4.69) is 10.3 Å². The monoisotopic (exact) mass is 274 g/mol. The summed E-state index contributed by atoms with van der Waals surface area (Å²) in [6, 6.07) is 10.9. The van der Waals surface area contributed by atoms with Gasteiger partial charge in [0.1, 0.15) is 0 Å². The molecular weight excluding hydrogens is 260 g/mol. The highest BCUT2D eigenvalue weighted by molar-refractivity contribution is 6.30. The molecule has 0 radical (unpaired) electrons. The van der Waals surface area contributed by atoms with Crippen LogP contribution in [0.3, 0.4) is 0 Å². The first-order valence-electron chi connectivity index (χ1n) is 5.97. The maximum Gasteiger partial charge on any atom is 0.234 e. The Balaban J connectivity index is 2.22. The quantitative estimate of drug-likeness (QED) is 0.928. The third-order valence-corrected chi connectivity index (χ3v) is 3.29. The number of hydrogen-bond donors (Lipinski definition) is 1. The molecule has 0 aliphatic carbocycles. The van der Waals surface area contributed by atoms with Crippen LogP contribution in [0.2, 0.25) is 5.02 Å². The summed E-state index contributed by atoms with van der Waals surface area (Å²) in [5.41, 5.74) is 0.954. The number of nitrogens with zero attached hydrogens (tertiary/aromatic N) is 1. The fraction of sp³-hybridized carbons (Fsp3) is 0.200. The largest absolute Gasteiger partial charge is 0.325 e. The molecule has 0 aliphatic rings. The molecule has 2 aromatic rings. The maximum absolute atomic E-state index is 12.4. The van der Waals surface area contributed by atoms with Gasteiger partial charge in [-0.3, -0.25) is 9.78 Å². The summed E-state index contributed by atoms with van der Waals surface area (Å²) in [7, 11) is 0. The molecule has 0 atom stereocenters. The minimum atomic E-state index is -0.659. The normalized spacial score (nSPS) is 11.1. The van der Waals surface area contributed by atoms with Crippen LogP contribution in [-0.2, 0) is 10.2 Å². The number of amides is 1. The van der Waals surface area contributed by atoms with Crippen molar-refractivity contribution in [3.8, 4) is 0 Å². The maximum atomic E-state index is 12.4. The minimum absolute atomic E-state index is 0.0824. The van der Waals surface area contributed by atoms with Crippen molar-refractivity contribution in [2.75, 3.05) is 5.32 Å². The van der Waals surface area contributed by atoms with Gasteiger partial charge in [-0.2, -0.15) is 0 Å². The van der Waals surface area contributed by atoms with Gasteiger partial charge >= 0.3 is 0 Å². The van der Waals surface area contributed by atoms with Crippen LogP contribution < -0.4 is 5.32 Å². The summed E-state index contributed by atoms with van der Waals surface area (Å²) in [4.78, 5) is 16.3. The van der Waals surface area contributed by atoms with Crippen LogP contribution in [-0.4, -0.2) is 10.9 Å². The highest BCUT2D eigenvalue weighted by atomic mass is 35.5. The van der Waals surface area contributed by atoms with Crippen LogP contribution in [0.15, 0.2) is 48.8 Å². The Morgan fingerprint density at radius 3 is 2.53 bits per heavy atom. The number of hydrogen-bond acceptors (Lipinski definition) is 2. The topological polar surface area (TPSA) is 42.0 Å². The Hall–Kier alpha value is -1.87. The highest BCUT2D eigenvalue weighted by Crippen LogP contribution is 2.27. The Labute approximate surface area is 117 Å². The molecule has 0 fully saturated rings. The van der Waals surface area contributed by atoms with Gasteiger partial charge in [-0.1, -0.05) is 23.7 Å². The second-order valence-corrected chi connectivity index (χ2v) is 5.26. The smallest absolute Gasteiger partial charge is 0.234 e. The van der Waals surface area contributed by atoms with Crippen LogP contribution in [0.25, 0.3) is 0 Å². The standard InChI is InChI=1S/C15H15ClN2O/c1-15(2,11-4-3-5-12(16)10-11)14(19)18-13-6-8-17-9-7-13/h3-10H,1-2H3,(H,17,18,19). The average molecular weight is 275 g/mol. The van der Waals surface area contributed by atoms with Crippen LogP contribution in [0.5, 0.6) is 0 Å². The van der Waals surface area contributed by atoms with Crippen molar-refractivity contribution in [3.05, 3.63) is 59.4 Å². The number of benzene rings is 1. The first-order chi connectivity index (χ1) is 9.00. The lowest BCUT2D eigenvalue weighted by Crippen LogP contribution is -2.34. The Kier molecular flexibility index (Phi) is 3.86. The van der Waals surface area contributed by atoms with E-state index in [4.69, 9.17) is 11.6 Å². The van der Waals surface area contributed by atoms with E-state index in [0.717, 1.165) is 11.3 Å². The van der Waals surface area contributed by atoms with Crippen molar-refractivity contribution in [1.82, 2.24) is 4.98 Å². The molecule has 0 saturated heterocycles. The van der Waals surface area contributed by atoms with E-state index in [1.807, 2.05) is 32.0 Å². The first-order valence-corrected chi connectivity index (χ1v) is 6.35. The molecule has 0 unspecified atom stereocenters. The van der Waals surface area contributed by atoms with Gasteiger partial charge in [0.15, 0.2) is 0 Å². The number of nitrogens with one attached hydrogen (secondary N) is 1. The van der Waals surface area contributed by atoms with E-state index < -0.39 is 5.41 Å². The second-order valence-electron chi connectivity index (χ2n) is 4.83. The zero-order valence-electron chi connectivity index (χ0n) is 10.9. The third kappa shape index (κ3) is 3.12. The SMILES string of the molecule is CC(C)(C(=O)Nc1ccncc1)c1cccc(Cl)c1. The summed E-state index contributed by atoms with van der Waals surface area (Å²) in [5, 5.41) is 3.51. The minimum Gasteiger partial charge on any atom is -0.325 e. The molecule has 1 heterocycles. The van der Waals surface area contributed by atoms with Gasteiger partial charge in [0.2, 0.25) is 5.91 Å². The lowest BCUT2D eigenvalue weighted by molar-refractivity contribution is -0.120. The van der Waals surface area contributed by atoms with E-state index in [1.165, 1.54) is 0 Å². The number of carbonyl (C=O) groups is 1. The van der Waals surface area contributed by atoms with Gasteiger partial charge in [0.05, 0.1) is 5.41 Å². The Bertz CT molecular complexity index is 582. The van der Waals surface area contributed by atoms with Crippen molar-refractivity contribution in [3.63, 3.8) is 0 Å². The van der Waals surface area contributed by atoms with Gasteiger partial charge in [-0.25, -0.2) is 0 Å². The average Bonchev–Trinajstić information content (AvgIpc) is 2.40. The zero-order valence-corrected chi connectivity index (χ0v) is 11.6. The van der Waals surface area contributed by atoms with Crippen molar-refractivity contribution in [1.29, 1.82) is 0 Å².